The van der Waals surface area contributed by atoms with Gasteiger partial charge >= 0.3 is 0 Å². The van der Waals surface area contributed by atoms with Crippen LogP contribution in [0.3, 0.4) is 0 Å². The summed E-state index contributed by atoms with van der Waals surface area (Å²) in [5.74, 6) is 0. The molecule has 2 aromatic rings. The van der Waals surface area contributed by atoms with Crippen LogP contribution in [0.2, 0.25) is 0 Å². The van der Waals surface area contributed by atoms with Gasteiger partial charge in [-0.1, -0.05) is 25.1 Å². The van der Waals surface area contributed by atoms with Crippen molar-refractivity contribution in [3.05, 3.63) is 41.7 Å². The molecule has 0 amide bonds. The number of hydrogen-bond acceptors (Lipinski definition) is 2. The van der Waals surface area contributed by atoms with Gasteiger partial charge in [0.05, 0.1) is 5.69 Å². The Morgan fingerprint density at radius 3 is 2.72 bits per heavy atom. The number of aromatic nitrogens is 2. The van der Waals surface area contributed by atoms with Gasteiger partial charge in [0.25, 0.3) is 0 Å². The fraction of sp³-hybridized carbons (Fsp3) is 0.400. The summed E-state index contributed by atoms with van der Waals surface area (Å²) in [6.45, 7) is 7.15. The van der Waals surface area contributed by atoms with Crippen molar-refractivity contribution in [1.82, 2.24) is 9.78 Å². The lowest BCUT2D eigenvalue weighted by Crippen LogP contribution is -2.08. The molecule has 1 aromatic carbocycles. The Morgan fingerprint density at radius 1 is 1.33 bits per heavy atom. The topological polar surface area (TPSA) is 43.8 Å². The smallest absolute Gasteiger partial charge is 0.0672 e. The summed E-state index contributed by atoms with van der Waals surface area (Å²) in [4.78, 5) is 0. The van der Waals surface area contributed by atoms with E-state index < -0.39 is 0 Å². The summed E-state index contributed by atoms with van der Waals surface area (Å²) in [6, 6.07) is 8.58. The molecule has 0 saturated heterocycles. The van der Waals surface area contributed by atoms with Crippen LogP contribution in [0.25, 0.3) is 11.1 Å². The van der Waals surface area contributed by atoms with Gasteiger partial charge in [-0.15, -0.1) is 0 Å². The highest BCUT2D eigenvalue weighted by atomic mass is 15.3. The van der Waals surface area contributed by atoms with Crippen molar-refractivity contribution in [2.24, 2.45) is 5.73 Å². The quantitative estimate of drug-likeness (QED) is 0.895. The number of benzene rings is 1. The van der Waals surface area contributed by atoms with E-state index in [-0.39, 0.29) is 6.04 Å². The predicted octanol–water partition coefficient (Wildman–Crippen LogP) is 3.29. The number of nitrogens with two attached hydrogens (primary N) is 1. The summed E-state index contributed by atoms with van der Waals surface area (Å²) in [5, 5.41) is 4.49. The monoisotopic (exact) mass is 243 g/mol. The van der Waals surface area contributed by atoms with Crippen LogP contribution in [-0.4, -0.2) is 9.78 Å². The molecule has 96 valence electrons. The van der Waals surface area contributed by atoms with Crippen LogP contribution in [0, 0.1) is 6.92 Å². The molecule has 0 aliphatic heterocycles. The van der Waals surface area contributed by atoms with Crippen LogP contribution < -0.4 is 5.73 Å². The number of rotatable bonds is 4. The predicted molar refractivity (Wildman–Crippen MR) is 75.3 cm³/mol. The molecule has 3 nitrogen and oxygen atoms in total. The van der Waals surface area contributed by atoms with E-state index in [9.17, 15) is 0 Å². The summed E-state index contributed by atoms with van der Waals surface area (Å²) in [6.07, 6.45) is 3.06. The summed E-state index contributed by atoms with van der Waals surface area (Å²) in [7, 11) is 0. The average molecular weight is 243 g/mol. The normalized spacial score (nSPS) is 12.7. The Bertz CT molecular complexity index is 528. The lowest BCUT2D eigenvalue weighted by Gasteiger charge is -2.10. The zero-order valence-corrected chi connectivity index (χ0v) is 11.4. The van der Waals surface area contributed by atoms with Crippen molar-refractivity contribution in [1.29, 1.82) is 0 Å². The van der Waals surface area contributed by atoms with Crippen molar-refractivity contribution < 1.29 is 0 Å². The maximum absolute atomic E-state index is 6.09. The minimum atomic E-state index is 0.117. The van der Waals surface area contributed by atoms with Crippen LogP contribution in [0.15, 0.2) is 30.5 Å². The van der Waals surface area contributed by atoms with E-state index in [1.807, 2.05) is 11.6 Å². The molecule has 0 radical (unpaired) electrons. The summed E-state index contributed by atoms with van der Waals surface area (Å²) in [5.41, 5.74) is 10.8. The lowest BCUT2D eigenvalue weighted by molar-refractivity contribution is 0.653. The third-order valence-electron chi connectivity index (χ3n) is 3.34. The van der Waals surface area contributed by atoms with E-state index in [4.69, 9.17) is 5.73 Å². The molecule has 2 rings (SSSR count). The van der Waals surface area contributed by atoms with E-state index in [0.717, 1.165) is 18.7 Å². The van der Waals surface area contributed by atoms with Crippen LogP contribution >= 0.6 is 0 Å². The Hall–Kier alpha value is -1.61. The van der Waals surface area contributed by atoms with E-state index in [1.165, 1.54) is 16.7 Å². The van der Waals surface area contributed by atoms with Crippen LogP contribution in [0.4, 0.5) is 0 Å². The first-order chi connectivity index (χ1) is 8.65. The largest absolute Gasteiger partial charge is 0.324 e. The third kappa shape index (κ3) is 2.46. The van der Waals surface area contributed by atoms with Gasteiger partial charge in [0, 0.05) is 24.3 Å². The van der Waals surface area contributed by atoms with Gasteiger partial charge in [0.2, 0.25) is 0 Å². The highest BCUT2D eigenvalue weighted by Gasteiger charge is 2.09. The first-order valence-corrected chi connectivity index (χ1v) is 6.55. The van der Waals surface area contributed by atoms with E-state index in [0.29, 0.717) is 0 Å². The van der Waals surface area contributed by atoms with Crippen molar-refractivity contribution in [3.63, 3.8) is 0 Å². The average Bonchev–Trinajstić information content (AvgIpc) is 2.79. The molecule has 3 heteroatoms. The van der Waals surface area contributed by atoms with Crippen molar-refractivity contribution in [3.8, 4) is 11.1 Å². The molecular weight excluding hydrogens is 222 g/mol. The van der Waals surface area contributed by atoms with E-state index in [2.05, 4.69) is 49.4 Å². The molecule has 1 aromatic heterocycles. The zero-order valence-electron chi connectivity index (χ0n) is 11.4. The van der Waals surface area contributed by atoms with E-state index >= 15 is 0 Å². The van der Waals surface area contributed by atoms with Gasteiger partial charge in [0.15, 0.2) is 0 Å². The summed E-state index contributed by atoms with van der Waals surface area (Å²) >= 11 is 0. The highest BCUT2D eigenvalue weighted by molar-refractivity contribution is 5.65. The SMILES string of the molecule is CCC(N)c1cccc(-c2cn(CC)nc2C)c1. The molecule has 0 aliphatic rings. The number of hydrogen-bond donors (Lipinski definition) is 1. The van der Waals surface area contributed by atoms with Crippen molar-refractivity contribution in [2.45, 2.75) is 39.8 Å². The second kappa shape index (κ2) is 5.36. The Balaban J connectivity index is 2.41. The zero-order chi connectivity index (χ0) is 13.1. The maximum atomic E-state index is 6.09. The second-order valence-electron chi connectivity index (χ2n) is 4.62. The molecule has 0 saturated carbocycles. The molecule has 0 fully saturated rings. The Labute approximate surface area is 109 Å². The molecule has 0 bridgehead atoms. The first kappa shape index (κ1) is 12.8. The molecule has 1 heterocycles. The molecule has 0 aliphatic carbocycles. The van der Waals surface area contributed by atoms with Crippen LogP contribution in [0.1, 0.15) is 37.6 Å². The Kier molecular flexibility index (Phi) is 3.82. The van der Waals surface area contributed by atoms with Gasteiger partial charge in [0.1, 0.15) is 0 Å². The highest BCUT2D eigenvalue weighted by Crippen LogP contribution is 2.25. The van der Waals surface area contributed by atoms with Crippen molar-refractivity contribution >= 4 is 0 Å². The molecule has 2 N–H and O–H groups in total. The summed E-state index contributed by atoms with van der Waals surface area (Å²) < 4.78 is 1.97. The molecular formula is C15H21N3. The fourth-order valence-corrected chi connectivity index (χ4v) is 2.14. The van der Waals surface area contributed by atoms with Crippen LogP contribution in [-0.2, 0) is 6.54 Å². The van der Waals surface area contributed by atoms with E-state index in [1.54, 1.807) is 0 Å². The second-order valence-corrected chi connectivity index (χ2v) is 4.62. The fourth-order valence-electron chi connectivity index (χ4n) is 2.14. The van der Waals surface area contributed by atoms with Gasteiger partial charge in [-0.2, -0.15) is 5.10 Å². The number of nitrogens with zero attached hydrogens (tertiary/aromatic N) is 2. The molecule has 18 heavy (non-hydrogen) atoms. The third-order valence-corrected chi connectivity index (χ3v) is 3.34. The minimum Gasteiger partial charge on any atom is -0.324 e. The standard InChI is InChI=1S/C15H21N3/c1-4-15(16)13-8-6-7-12(9-13)14-10-18(5-2)17-11(14)3/h6-10,15H,4-5,16H2,1-3H3. The first-order valence-electron chi connectivity index (χ1n) is 6.55. The van der Waals surface area contributed by atoms with Crippen molar-refractivity contribution in [2.75, 3.05) is 0 Å². The van der Waals surface area contributed by atoms with Crippen LogP contribution in [0.5, 0.6) is 0 Å². The van der Waals surface area contributed by atoms with Gasteiger partial charge < -0.3 is 5.73 Å². The number of aryl methyl sites for hydroxylation is 2. The van der Waals surface area contributed by atoms with Gasteiger partial charge in [-0.25, -0.2) is 0 Å². The Morgan fingerprint density at radius 2 is 2.11 bits per heavy atom. The molecule has 0 spiro atoms. The van der Waals surface area contributed by atoms with Gasteiger partial charge in [-0.05, 0) is 37.5 Å². The molecule has 1 unspecified atom stereocenters. The lowest BCUT2D eigenvalue weighted by atomic mass is 9.99. The van der Waals surface area contributed by atoms with Gasteiger partial charge in [-0.3, -0.25) is 4.68 Å². The minimum absolute atomic E-state index is 0.117. The maximum Gasteiger partial charge on any atom is 0.0672 e. The molecule has 1 atom stereocenters.